The molecule has 0 bridgehead atoms. The fourth-order valence-electron chi connectivity index (χ4n) is 2.02. The normalized spacial score (nSPS) is 11.2. The summed E-state index contributed by atoms with van der Waals surface area (Å²) >= 11 is 0. The van der Waals surface area contributed by atoms with Gasteiger partial charge in [0.1, 0.15) is 0 Å². The maximum absolute atomic E-state index is 5.89. The fraction of sp³-hybridized carbons (Fsp3) is 0.263. The highest BCUT2D eigenvalue weighted by molar-refractivity contribution is 6.87. The Kier molecular flexibility index (Phi) is 8.15. The minimum atomic E-state index is -2.18. The van der Waals surface area contributed by atoms with Crippen LogP contribution in [-0.4, -0.2) is 28.6 Å². The molecule has 0 unspecified atom stereocenters. The number of methoxy groups -OCH3 is 1. The predicted molar refractivity (Wildman–Crippen MR) is 100 cm³/mol. The number of hydrogen-bond donors (Lipinski definition) is 0. The van der Waals surface area contributed by atoms with Gasteiger partial charge in [-0.25, -0.2) is 0 Å². The molecule has 0 N–H and O–H groups in total. The molecule has 124 valence electrons. The lowest BCUT2D eigenvalue weighted by Gasteiger charge is -2.20. The van der Waals surface area contributed by atoms with Crippen LogP contribution >= 0.6 is 0 Å². The van der Waals surface area contributed by atoms with Gasteiger partial charge in [-0.1, -0.05) is 35.3 Å². The molecular formula is C19H26O3Si. The van der Waals surface area contributed by atoms with E-state index in [2.05, 4.69) is 19.7 Å². The Morgan fingerprint density at radius 3 is 2.30 bits per heavy atom. The summed E-state index contributed by atoms with van der Waals surface area (Å²) in [5.41, 5.74) is 6.53. The predicted octanol–water partition coefficient (Wildman–Crippen LogP) is 4.63. The zero-order valence-electron chi connectivity index (χ0n) is 14.1. The number of rotatable bonds is 11. The van der Waals surface area contributed by atoms with E-state index in [0.29, 0.717) is 13.2 Å². The summed E-state index contributed by atoms with van der Waals surface area (Å²) < 4.78 is 17.0. The van der Waals surface area contributed by atoms with Crippen LogP contribution in [0.5, 0.6) is 11.5 Å². The third kappa shape index (κ3) is 5.58. The van der Waals surface area contributed by atoms with Gasteiger partial charge in [-0.05, 0) is 24.6 Å². The lowest BCUT2D eigenvalue weighted by Crippen LogP contribution is -2.32. The first-order chi connectivity index (χ1) is 11.1. The van der Waals surface area contributed by atoms with E-state index in [1.54, 1.807) is 7.11 Å². The standard InChI is InChI=1S/C19H26O3Si/c1-6-11-17-12-13-18(19(16-17)20-5)21-14-10-15-22-23(7-2,8-3)9-4/h6-9,11-13,16H,2-4,10,14-15H2,1,5H3. The van der Waals surface area contributed by atoms with Crippen LogP contribution in [0.4, 0.5) is 0 Å². The molecular weight excluding hydrogens is 304 g/mol. The molecule has 0 saturated carbocycles. The van der Waals surface area contributed by atoms with Crippen LogP contribution in [0.1, 0.15) is 18.9 Å². The van der Waals surface area contributed by atoms with Crippen LogP contribution in [-0.2, 0) is 4.43 Å². The zero-order valence-corrected chi connectivity index (χ0v) is 15.1. The molecule has 0 aliphatic rings. The summed E-state index contributed by atoms with van der Waals surface area (Å²) in [6.45, 7) is 14.5. The van der Waals surface area contributed by atoms with Crippen molar-refractivity contribution in [3.05, 3.63) is 66.7 Å². The van der Waals surface area contributed by atoms with Gasteiger partial charge >= 0.3 is 0 Å². The Labute approximate surface area is 140 Å². The molecule has 0 aliphatic carbocycles. The van der Waals surface area contributed by atoms with E-state index in [1.807, 2.05) is 54.4 Å². The molecule has 0 heterocycles. The van der Waals surface area contributed by atoms with Crippen LogP contribution in [0.2, 0.25) is 0 Å². The quantitative estimate of drug-likeness (QED) is 0.437. The van der Waals surface area contributed by atoms with Gasteiger partial charge in [0.25, 0.3) is 8.32 Å². The molecule has 23 heavy (non-hydrogen) atoms. The van der Waals surface area contributed by atoms with Crippen LogP contribution in [0.3, 0.4) is 0 Å². The molecule has 0 amide bonds. The third-order valence-electron chi connectivity index (χ3n) is 3.40. The van der Waals surface area contributed by atoms with Gasteiger partial charge in [0.15, 0.2) is 11.5 Å². The average molecular weight is 331 g/mol. The molecule has 1 aromatic carbocycles. The number of hydrogen-bond acceptors (Lipinski definition) is 3. The molecule has 0 atom stereocenters. The molecule has 3 nitrogen and oxygen atoms in total. The topological polar surface area (TPSA) is 27.7 Å². The Morgan fingerprint density at radius 1 is 1.04 bits per heavy atom. The van der Waals surface area contributed by atoms with Gasteiger partial charge in [0.05, 0.1) is 13.7 Å². The van der Waals surface area contributed by atoms with Crippen molar-refractivity contribution in [2.75, 3.05) is 20.3 Å². The van der Waals surface area contributed by atoms with E-state index in [4.69, 9.17) is 13.9 Å². The summed E-state index contributed by atoms with van der Waals surface area (Å²) in [6.07, 6.45) is 4.77. The van der Waals surface area contributed by atoms with E-state index in [0.717, 1.165) is 23.5 Å². The van der Waals surface area contributed by atoms with Crippen molar-refractivity contribution < 1.29 is 13.9 Å². The molecule has 1 rings (SSSR count). The van der Waals surface area contributed by atoms with Gasteiger partial charge in [-0.3, -0.25) is 0 Å². The third-order valence-corrected chi connectivity index (χ3v) is 6.02. The molecule has 0 aromatic heterocycles. The minimum absolute atomic E-state index is 0.551. The second-order valence-corrected chi connectivity index (χ2v) is 8.15. The lowest BCUT2D eigenvalue weighted by atomic mass is 10.2. The van der Waals surface area contributed by atoms with Crippen LogP contribution in [0, 0.1) is 0 Å². The zero-order chi connectivity index (χ0) is 17.1. The monoisotopic (exact) mass is 330 g/mol. The maximum Gasteiger partial charge on any atom is 0.264 e. The van der Waals surface area contributed by atoms with Crippen molar-refractivity contribution in [1.29, 1.82) is 0 Å². The van der Waals surface area contributed by atoms with Crippen molar-refractivity contribution in [3.63, 3.8) is 0 Å². The summed E-state index contributed by atoms with van der Waals surface area (Å²) in [7, 11) is -0.535. The smallest absolute Gasteiger partial charge is 0.264 e. The Bertz CT molecular complexity index is 542. The highest BCUT2D eigenvalue weighted by Crippen LogP contribution is 2.28. The van der Waals surface area contributed by atoms with Crippen LogP contribution in [0.15, 0.2) is 61.1 Å². The highest BCUT2D eigenvalue weighted by atomic mass is 28.4. The maximum atomic E-state index is 5.89. The molecule has 0 fully saturated rings. The van der Waals surface area contributed by atoms with Crippen molar-refractivity contribution >= 4 is 14.4 Å². The summed E-state index contributed by atoms with van der Waals surface area (Å²) in [5, 5.41) is 0. The molecule has 0 spiro atoms. The molecule has 0 saturated heterocycles. The van der Waals surface area contributed by atoms with Crippen LogP contribution < -0.4 is 9.47 Å². The Morgan fingerprint density at radius 2 is 1.74 bits per heavy atom. The highest BCUT2D eigenvalue weighted by Gasteiger charge is 2.22. The van der Waals surface area contributed by atoms with E-state index in [1.165, 1.54) is 0 Å². The molecule has 0 aliphatic heterocycles. The summed E-state index contributed by atoms with van der Waals surface area (Å²) in [6, 6.07) is 5.88. The average Bonchev–Trinajstić information content (AvgIpc) is 2.59. The first-order valence-electron chi connectivity index (χ1n) is 7.63. The molecule has 4 heteroatoms. The minimum Gasteiger partial charge on any atom is -0.493 e. The summed E-state index contributed by atoms with van der Waals surface area (Å²) in [4.78, 5) is 0. The van der Waals surface area contributed by atoms with Gasteiger partial charge in [0, 0.05) is 13.0 Å². The van der Waals surface area contributed by atoms with Crippen molar-refractivity contribution in [1.82, 2.24) is 0 Å². The van der Waals surface area contributed by atoms with E-state index in [9.17, 15) is 0 Å². The lowest BCUT2D eigenvalue weighted by molar-refractivity contribution is 0.241. The second-order valence-electron chi connectivity index (χ2n) is 4.93. The van der Waals surface area contributed by atoms with Crippen LogP contribution in [0.25, 0.3) is 6.08 Å². The SMILES string of the molecule is C=C[Si](C=C)(C=C)OCCCOc1ccc(C=CC)cc1OC. The fourth-order valence-corrected chi connectivity index (χ4v) is 3.37. The largest absolute Gasteiger partial charge is 0.493 e. The van der Waals surface area contributed by atoms with E-state index < -0.39 is 8.32 Å². The van der Waals surface area contributed by atoms with Gasteiger partial charge in [-0.2, -0.15) is 0 Å². The first-order valence-corrected chi connectivity index (χ1v) is 9.77. The number of allylic oxidation sites excluding steroid dienone is 1. The Hall–Kier alpha value is -2.04. The Balaban J connectivity index is 2.51. The van der Waals surface area contributed by atoms with Gasteiger partial charge in [-0.15, -0.1) is 19.7 Å². The number of benzene rings is 1. The number of ether oxygens (including phenoxy) is 2. The molecule has 1 aromatic rings. The van der Waals surface area contributed by atoms with E-state index in [-0.39, 0.29) is 0 Å². The van der Waals surface area contributed by atoms with Gasteiger partial charge < -0.3 is 13.9 Å². The van der Waals surface area contributed by atoms with Crippen molar-refractivity contribution in [3.8, 4) is 11.5 Å². The van der Waals surface area contributed by atoms with Crippen molar-refractivity contribution in [2.45, 2.75) is 13.3 Å². The second kappa shape index (κ2) is 9.87. The molecule has 0 radical (unpaired) electrons. The van der Waals surface area contributed by atoms with Crippen molar-refractivity contribution in [2.24, 2.45) is 0 Å². The van der Waals surface area contributed by atoms with E-state index >= 15 is 0 Å². The summed E-state index contributed by atoms with van der Waals surface area (Å²) in [5.74, 6) is 1.47. The first kappa shape index (κ1) is 19.0. The van der Waals surface area contributed by atoms with Gasteiger partial charge in [0.2, 0.25) is 0 Å².